The van der Waals surface area contributed by atoms with Gasteiger partial charge in [-0.3, -0.25) is 19.0 Å². The average molecular weight is 484 g/mol. The zero-order chi connectivity index (χ0) is 25.7. The number of nitrogens with one attached hydrogen (secondary N) is 2. The Balaban J connectivity index is 1.66. The number of aryl methyl sites for hydroxylation is 1. The molecule has 0 aliphatic heterocycles. The average Bonchev–Trinajstić information content (AvgIpc) is 2.90. The first-order valence-corrected chi connectivity index (χ1v) is 12.2. The first-order valence-electron chi connectivity index (χ1n) is 12.2. The van der Waals surface area contributed by atoms with Gasteiger partial charge >= 0.3 is 0 Å². The molecule has 1 aliphatic carbocycles. The monoisotopic (exact) mass is 483 g/mol. The number of carbonyl (C=O) groups is 2. The van der Waals surface area contributed by atoms with Gasteiger partial charge in [-0.2, -0.15) is 5.26 Å². The summed E-state index contributed by atoms with van der Waals surface area (Å²) >= 11 is 0. The molecule has 4 rings (SSSR count). The van der Waals surface area contributed by atoms with Gasteiger partial charge < -0.3 is 10.6 Å². The summed E-state index contributed by atoms with van der Waals surface area (Å²) in [6, 6.07) is 16.6. The van der Waals surface area contributed by atoms with Crippen LogP contribution in [0.1, 0.15) is 55.8 Å². The normalized spacial score (nSPS) is 15.3. The SMILES string of the molecule is CC[C@@H](C)C(=O)Nc1cnc(-c2ccc(C#N)cc2)n(CC(=O)N[C@@H]2CCCc3ccccc32)c1=O. The maximum Gasteiger partial charge on any atom is 0.278 e. The van der Waals surface area contributed by atoms with E-state index in [0.29, 0.717) is 17.5 Å². The number of anilines is 1. The van der Waals surface area contributed by atoms with E-state index in [2.05, 4.69) is 27.8 Å². The largest absolute Gasteiger partial charge is 0.348 e. The molecule has 0 bridgehead atoms. The van der Waals surface area contributed by atoms with Crippen molar-refractivity contribution in [1.29, 1.82) is 5.26 Å². The number of rotatable bonds is 7. The Morgan fingerprint density at radius 3 is 2.67 bits per heavy atom. The van der Waals surface area contributed by atoms with Crippen molar-refractivity contribution in [2.24, 2.45) is 5.92 Å². The molecule has 0 unspecified atom stereocenters. The maximum absolute atomic E-state index is 13.4. The Kier molecular flexibility index (Phi) is 7.59. The molecular formula is C28H29N5O3. The highest BCUT2D eigenvalue weighted by molar-refractivity contribution is 5.92. The van der Waals surface area contributed by atoms with Crippen LogP contribution in [0.4, 0.5) is 5.69 Å². The van der Waals surface area contributed by atoms with Gasteiger partial charge in [0, 0.05) is 11.5 Å². The highest BCUT2D eigenvalue weighted by atomic mass is 16.2. The van der Waals surface area contributed by atoms with E-state index in [1.165, 1.54) is 16.3 Å². The van der Waals surface area contributed by atoms with Gasteiger partial charge in [-0.05, 0) is 61.1 Å². The van der Waals surface area contributed by atoms with Crippen molar-refractivity contribution in [1.82, 2.24) is 14.9 Å². The van der Waals surface area contributed by atoms with Crippen molar-refractivity contribution in [3.05, 3.63) is 81.8 Å². The third-order valence-corrected chi connectivity index (χ3v) is 6.64. The molecule has 184 valence electrons. The lowest BCUT2D eigenvalue weighted by molar-refractivity contribution is -0.122. The lowest BCUT2D eigenvalue weighted by atomic mass is 9.88. The number of hydrogen-bond donors (Lipinski definition) is 2. The lowest BCUT2D eigenvalue weighted by Gasteiger charge is -2.26. The van der Waals surface area contributed by atoms with Crippen molar-refractivity contribution in [2.45, 2.75) is 52.1 Å². The van der Waals surface area contributed by atoms with E-state index in [0.717, 1.165) is 24.8 Å². The molecule has 1 aliphatic rings. The Morgan fingerprint density at radius 2 is 1.94 bits per heavy atom. The van der Waals surface area contributed by atoms with Crippen molar-refractivity contribution < 1.29 is 9.59 Å². The molecule has 0 saturated carbocycles. The molecule has 3 aromatic rings. The maximum atomic E-state index is 13.4. The summed E-state index contributed by atoms with van der Waals surface area (Å²) in [5.41, 5.74) is 2.89. The summed E-state index contributed by atoms with van der Waals surface area (Å²) in [5, 5.41) is 14.8. The molecule has 0 saturated heterocycles. The first-order chi connectivity index (χ1) is 17.4. The Hall–Kier alpha value is -4.25. The number of carbonyl (C=O) groups excluding carboxylic acids is 2. The first kappa shape index (κ1) is 24.9. The second-order valence-electron chi connectivity index (χ2n) is 9.09. The molecule has 0 radical (unpaired) electrons. The van der Waals surface area contributed by atoms with Crippen LogP contribution in [0.5, 0.6) is 0 Å². The smallest absolute Gasteiger partial charge is 0.278 e. The summed E-state index contributed by atoms with van der Waals surface area (Å²) in [4.78, 5) is 43.5. The second kappa shape index (κ2) is 11.0. The minimum atomic E-state index is -0.514. The van der Waals surface area contributed by atoms with Crippen LogP contribution < -0.4 is 16.2 Å². The topological polar surface area (TPSA) is 117 Å². The van der Waals surface area contributed by atoms with E-state index in [9.17, 15) is 14.4 Å². The zero-order valence-corrected chi connectivity index (χ0v) is 20.5. The molecule has 1 aromatic heterocycles. The van der Waals surface area contributed by atoms with Gasteiger partial charge in [-0.1, -0.05) is 38.1 Å². The number of benzene rings is 2. The predicted molar refractivity (Wildman–Crippen MR) is 137 cm³/mol. The molecule has 1 heterocycles. The van der Waals surface area contributed by atoms with Crippen molar-refractivity contribution in [3.63, 3.8) is 0 Å². The van der Waals surface area contributed by atoms with Gasteiger partial charge in [0.25, 0.3) is 5.56 Å². The second-order valence-corrected chi connectivity index (χ2v) is 9.09. The fourth-order valence-corrected chi connectivity index (χ4v) is 4.38. The van der Waals surface area contributed by atoms with Crippen LogP contribution in [-0.2, 0) is 22.6 Å². The van der Waals surface area contributed by atoms with Crippen LogP contribution in [0.2, 0.25) is 0 Å². The standard InChI is InChI=1S/C28H29N5O3/c1-3-18(2)27(35)32-24-16-30-26(21-13-11-19(15-29)12-14-21)33(28(24)36)17-25(34)31-23-10-6-8-20-7-4-5-9-22(20)23/h4-5,7,9,11-14,16,18,23H,3,6,8,10,17H2,1-2H3,(H,31,34)(H,32,35)/t18-,23-/m1/s1. The zero-order valence-electron chi connectivity index (χ0n) is 20.5. The van der Waals surface area contributed by atoms with Crippen molar-refractivity contribution in [2.75, 3.05) is 5.32 Å². The van der Waals surface area contributed by atoms with Gasteiger partial charge in [0.05, 0.1) is 23.9 Å². The Labute approximate surface area is 210 Å². The summed E-state index contributed by atoms with van der Waals surface area (Å²) in [6.07, 6.45) is 4.72. The number of nitriles is 1. The summed E-state index contributed by atoms with van der Waals surface area (Å²) < 4.78 is 1.28. The molecular weight excluding hydrogens is 454 g/mol. The van der Waals surface area contributed by atoms with Crippen molar-refractivity contribution >= 4 is 17.5 Å². The number of fused-ring (bicyclic) bond motifs is 1. The van der Waals surface area contributed by atoms with Crippen LogP contribution in [0.15, 0.2) is 59.5 Å². The van der Waals surface area contributed by atoms with Gasteiger partial charge in [0.2, 0.25) is 11.8 Å². The van der Waals surface area contributed by atoms with E-state index < -0.39 is 5.56 Å². The predicted octanol–water partition coefficient (Wildman–Crippen LogP) is 3.96. The van der Waals surface area contributed by atoms with Crippen LogP contribution in [0.3, 0.4) is 0 Å². The third kappa shape index (κ3) is 5.36. The number of aromatic nitrogens is 2. The third-order valence-electron chi connectivity index (χ3n) is 6.64. The molecule has 2 amide bonds. The van der Waals surface area contributed by atoms with Gasteiger partial charge in [-0.25, -0.2) is 4.98 Å². The van der Waals surface area contributed by atoms with Gasteiger partial charge in [0.15, 0.2) is 0 Å². The van der Waals surface area contributed by atoms with E-state index in [-0.39, 0.29) is 41.8 Å². The van der Waals surface area contributed by atoms with E-state index in [1.807, 2.05) is 25.1 Å². The summed E-state index contributed by atoms with van der Waals surface area (Å²) in [6.45, 7) is 3.41. The molecule has 36 heavy (non-hydrogen) atoms. The Morgan fingerprint density at radius 1 is 1.19 bits per heavy atom. The molecule has 8 nitrogen and oxygen atoms in total. The summed E-state index contributed by atoms with van der Waals surface area (Å²) in [7, 11) is 0. The van der Waals surface area contributed by atoms with Gasteiger partial charge in [0.1, 0.15) is 18.1 Å². The van der Waals surface area contributed by atoms with E-state index in [4.69, 9.17) is 5.26 Å². The molecule has 2 N–H and O–H groups in total. The molecule has 8 heteroatoms. The quantitative estimate of drug-likeness (QED) is 0.528. The molecule has 2 atom stereocenters. The molecule has 2 aromatic carbocycles. The summed E-state index contributed by atoms with van der Waals surface area (Å²) in [5.74, 6) is -0.589. The highest BCUT2D eigenvalue weighted by Crippen LogP contribution is 2.29. The van der Waals surface area contributed by atoms with E-state index >= 15 is 0 Å². The fraction of sp³-hybridized carbons (Fsp3) is 0.321. The van der Waals surface area contributed by atoms with Crippen LogP contribution in [0.25, 0.3) is 11.4 Å². The van der Waals surface area contributed by atoms with Crippen LogP contribution >= 0.6 is 0 Å². The van der Waals surface area contributed by atoms with Crippen molar-refractivity contribution in [3.8, 4) is 17.5 Å². The van der Waals surface area contributed by atoms with Crippen LogP contribution in [-0.4, -0.2) is 21.4 Å². The lowest BCUT2D eigenvalue weighted by Crippen LogP contribution is -2.37. The molecule has 0 spiro atoms. The fourth-order valence-electron chi connectivity index (χ4n) is 4.38. The Bertz CT molecular complexity index is 1370. The minimum Gasteiger partial charge on any atom is -0.348 e. The number of hydrogen-bond acceptors (Lipinski definition) is 5. The minimum absolute atomic E-state index is 0.0218. The number of amides is 2. The van der Waals surface area contributed by atoms with Gasteiger partial charge in [-0.15, -0.1) is 0 Å². The number of nitrogens with zero attached hydrogens (tertiary/aromatic N) is 3. The highest BCUT2D eigenvalue weighted by Gasteiger charge is 2.23. The van der Waals surface area contributed by atoms with E-state index in [1.54, 1.807) is 31.2 Å². The van der Waals surface area contributed by atoms with Crippen LogP contribution in [0, 0.1) is 17.2 Å². The molecule has 0 fully saturated rings.